The lowest BCUT2D eigenvalue weighted by Crippen LogP contribution is -2.22. The lowest BCUT2D eigenvalue weighted by Gasteiger charge is -2.20. The molecule has 3 heterocycles. The van der Waals surface area contributed by atoms with Gasteiger partial charge in [-0.3, -0.25) is 14.8 Å². The summed E-state index contributed by atoms with van der Waals surface area (Å²) in [5.41, 5.74) is 3.07. The van der Waals surface area contributed by atoms with Crippen molar-refractivity contribution in [2.75, 3.05) is 0 Å². The maximum Gasteiger partial charge on any atom is 0.0878 e. The minimum absolute atomic E-state index is 0.0571. The van der Waals surface area contributed by atoms with Crippen molar-refractivity contribution in [1.82, 2.24) is 25.0 Å². The summed E-state index contributed by atoms with van der Waals surface area (Å²) >= 11 is 0. The summed E-state index contributed by atoms with van der Waals surface area (Å²) in [5, 5.41) is 12.4. The van der Waals surface area contributed by atoms with E-state index in [0.29, 0.717) is 0 Å². The minimum atomic E-state index is -0.0571. The molecule has 0 spiro atoms. The van der Waals surface area contributed by atoms with Crippen LogP contribution in [-0.4, -0.2) is 25.0 Å². The van der Waals surface area contributed by atoms with Crippen LogP contribution >= 0.6 is 0 Å². The fourth-order valence-electron chi connectivity index (χ4n) is 2.10. The summed E-state index contributed by atoms with van der Waals surface area (Å²) in [6.07, 6.45) is 9.26. The average Bonchev–Trinajstić information content (AvgIpc) is 2.96. The van der Waals surface area contributed by atoms with Gasteiger partial charge in [-0.15, -0.1) is 0 Å². The number of nitrogens with zero attached hydrogens (tertiary/aromatic N) is 4. The van der Waals surface area contributed by atoms with E-state index in [9.17, 15) is 0 Å². The zero-order valence-corrected chi connectivity index (χ0v) is 10.7. The Kier molecular flexibility index (Phi) is 2.23. The van der Waals surface area contributed by atoms with Crippen LogP contribution in [0.15, 0.2) is 31.0 Å². The topological polar surface area (TPSA) is 59.4 Å². The van der Waals surface area contributed by atoms with Gasteiger partial charge in [0.25, 0.3) is 0 Å². The summed E-state index contributed by atoms with van der Waals surface area (Å²) in [6.45, 7) is 6.39. The Hall–Kier alpha value is -2.17. The van der Waals surface area contributed by atoms with Gasteiger partial charge in [-0.1, -0.05) is 0 Å². The fourth-order valence-corrected chi connectivity index (χ4v) is 2.10. The molecule has 18 heavy (non-hydrogen) atoms. The highest BCUT2D eigenvalue weighted by Crippen LogP contribution is 2.29. The van der Waals surface area contributed by atoms with Crippen LogP contribution in [0.3, 0.4) is 0 Å². The van der Waals surface area contributed by atoms with Crippen molar-refractivity contribution in [2.24, 2.45) is 0 Å². The lowest BCUT2D eigenvalue weighted by molar-refractivity contribution is 0.368. The summed E-state index contributed by atoms with van der Waals surface area (Å²) in [4.78, 5) is 4.31. The van der Waals surface area contributed by atoms with E-state index < -0.39 is 0 Å². The molecule has 3 rings (SSSR count). The second-order valence-corrected chi connectivity index (χ2v) is 5.33. The molecule has 1 N–H and O–H groups in total. The minimum Gasteiger partial charge on any atom is -0.285 e. The van der Waals surface area contributed by atoms with Crippen LogP contribution < -0.4 is 0 Å². The summed E-state index contributed by atoms with van der Waals surface area (Å²) in [6, 6.07) is 0. The molecule has 3 aromatic heterocycles. The number of fused-ring (bicyclic) bond motifs is 1. The Morgan fingerprint density at radius 3 is 2.61 bits per heavy atom. The Labute approximate surface area is 105 Å². The van der Waals surface area contributed by atoms with Gasteiger partial charge in [0.1, 0.15) is 0 Å². The first kappa shape index (κ1) is 11.0. The first-order valence-corrected chi connectivity index (χ1v) is 5.89. The maximum absolute atomic E-state index is 4.48. The summed E-state index contributed by atoms with van der Waals surface area (Å²) in [7, 11) is 0. The van der Waals surface area contributed by atoms with Crippen molar-refractivity contribution in [2.45, 2.75) is 26.3 Å². The van der Waals surface area contributed by atoms with Gasteiger partial charge in [0.15, 0.2) is 0 Å². The van der Waals surface area contributed by atoms with E-state index in [2.05, 4.69) is 41.1 Å². The SMILES string of the molecule is CC(C)(C)n1ncc2c(-c3cn[nH]c3)cncc21. The monoisotopic (exact) mass is 241 g/mol. The number of hydrogen-bond acceptors (Lipinski definition) is 3. The van der Waals surface area contributed by atoms with E-state index in [-0.39, 0.29) is 5.54 Å². The van der Waals surface area contributed by atoms with E-state index in [1.165, 1.54) is 0 Å². The van der Waals surface area contributed by atoms with Crippen molar-refractivity contribution in [3.05, 3.63) is 31.0 Å². The number of pyridine rings is 1. The van der Waals surface area contributed by atoms with Gasteiger partial charge in [0, 0.05) is 28.9 Å². The fraction of sp³-hybridized carbons (Fsp3) is 0.308. The number of aromatic nitrogens is 5. The van der Waals surface area contributed by atoms with Gasteiger partial charge >= 0.3 is 0 Å². The standard InChI is InChI=1S/C13H15N5/c1-13(2,3)18-12-8-14-6-10(11(12)7-17-18)9-4-15-16-5-9/h4-8H,1-3H3,(H,15,16). The lowest BCUT2D eigenvalue weighted by atomic mass is 10.1. The largest absolute Gasteiger partial charge is 0.285 e. The second kappa shape index (κ2) is 3.66. The molecule has 3 aromatic rings. The van der Waals surface area contributed by atoms with Crippen molar-refractivity contribution >= 4 is 10.9 Å². The van der Waals surface area contributed by atoms with Gasteiger partial charge in [0.05, 0.1) is 29.6 Å². The van der Waals surface area contributed by atoms with Crippen LogP contribution in [0.5, 0.6) is 0 Å². The molecule has 0 aliphatic heterocycles. The third-order valence-corrected chi connectivity index (χ3v) is 2.94. The molecule has 0 aromatic carbocycles. The second-order valence-electron chi connectivity index (χ2n) is 5.33. The van der Waals surface area contributed by atoms with Crippen molar-refractivity contribution in [1.29, 1.82) is 0 Å². The van der Waals surface area contributed by atoms with E-state index in [1.807, 2.05) is 29.5 Å². The highest BCUT2D eigenvalue weighted by molar-refractivity contribution is 5.93. The third-order valence-electron chi connectivity index (χ3n) is 2.94. The van der Waals surface area contributed by atoms with Gasteiger partial charge in [-0.05, 0) is 20.8 Å². The van der Waals surface area contributed by atoms with E-state index in [0.717, 1.165) is 22.0 Å². The highest BCUT2D eigenvalue weighted by atomic mass is 15.3. The molecule has 0 amide bonds. The third kappa shape index (κ3) is 1.59. The summed E-state index contributed by atoms with van der Waals surface area (Å²) < 4.78 is 2.00. The zero-order chi connectivity index (χ0) is 12.8. The Balaban J connectivity index is 2.28. The number of H-pyrrole nitrogens is 1. The summed E-state index contributed by atoms with van der Waals surface area (Å²) in [5.74, 6) is 0. The van der Waals surface area contributed by atoms with Crippen molar-refractivity contribution in [3.8, 4) is 11.1 Å². The maximum atomic E-state index is 4.48. The quantitative estimate of drug-likeness (QED) is 0.712. The van der Waals surface area contributed by atoms with E-state index >= 15 is 0 Å². The molecule has 5 heteroatoms. The molecule has 0 bridgehead atoms. The van der Waals surface area contributed by atoms with Crippen LogP contribution in [0, 0.1) is 0 Å². The van der Waals surface area contributed by atoms with Gasteiger partial charge < -0.3 is 0 Å². The molecular weight excluding hydrogens is 226 g/mol. The predicted octanol–water partition coefficient (Wildman–Crippen LogP) is 2.58. The molecule has 0 unspecified atom stereocenters. The smallest absolute Gasteiger partial charge is 0.0878 e. The van der Waals surface area contributed by atoms with Crippen molar-refractivity contribution < 1.29 is 0 Å². The Bertz CT molecular complexity index is 673. The van der Waals surface area contributed by atoms with Gasteiger partial charge in [0.2, 0.25) is 0 Å². The number of nitrogens with one attached hydrogen (secondary N) is 1. The van der Waals surface area contributed by atoms with Crippen LogP contribution in [0.25, 0.3) is 22.0 Å². The van der Waals surface area contributed by atoms with Gasteiger partial charge in [-0.2, -0.15) is 10.2 Å². The first-order valence-electron chi connectivity index (χ1n) is 5.89. The highest BCUT2D eigenvalue weighted by Gasteiger charge is 2.18. The predicted molar refractivity (Wildman–Crippen MR) is 70.1 cm³/mol. The average molecular weight is 241 g/mol. The van der Waals surface area contributed by atoms with Gasteiger partial charge in [-0.25, -0.2) is 0 Å². The zero-order valence-electron chi connectivity index (χ0n) is 10.7. The molecule has 92 valence electrons. The molecule has 0 radical (unpaired) electrons. The van der Waals surface area contributed by atoms with Crippen LogP contribution in [0.4, 0.5) is 0 Å². The van der Waals surface area contributed by atoms with E-state index in [1.54, 1.807) is 6.20 Å². The molecule has 5 nitrogen and oxygen atoms in total. The molecule has 0 saturated heterocycles. The molecular formula is C13H15N5. The molecule has 0 aliphatic carbocycles. The normalized spacial score (nSPS) is 12.2. The Morgan fingerprint density at radius 1 is 1.11 bits per heavy atom. The molecule has 0 aliphatic rings. The molecule has 0 fully saturated rings. The Morgan fingerprint density at radius 2 is 1.94 bits per heavy atom. The number of rotatable bonds is 1. The van der Waals surface area contributed by atoms with E-state index in [4.69, 9.17) is 0 Å². The van der Waals surface area contributed by atoms with Crippen LogP contribution in [0.1, 0.15) is 20.8 Å². The van der Waals surface area contributed by atoms with Crippen molar-refractivity contribution in [3.63, 3.8) is 0 Å². The first-order chi connectivity index (χ1) is 8.57. The molecule has 0 atom stereocenters. The van der Waals surface area contributed by atoms with Crippen LogP contribution in [0.2, 0.25) is 0 Å². The number of aromatic amines is 1. The van der Waals surface area contributed by atoms with Crippen LogP contribution in [-0.2, 0) is 5.54 Å². The molecule has 0 saturated carbocycles. The number of hydrogen-bond donors (Lipinski definition) is 1.